The van der Waals surface area contributed by atoms with Gasteiger partial charge in [0, 0.05) is 6.42 Å². The van der Waals surface area contributed by atoms with Crippen LogP contribution in [0.2, 0.25) is 0 Å². The van der Waals surface area contributed by atoms with E-state index in [1.165, 1.54) is 608 Å². The minimum atomic E-state index is -2.82. The molecule has 772 valence electrons. The summed E-state index contributed by atoms with van der Waals surface area (Å²) in [7, 11) is -2.82. The van der Waals surface area contributed by atoms with Crippen LogP contribution in [0.15, 0.2) is 0 Å². The molecule has 8 nitrogen and oxygen atoms in total. The van der Waals surface area contributed by atoms with Crippen LogP contribution >= 0.6 is 8.03 Å². The fraction of sp³-hybridized carbons (Fsp3) is 0.992. The first-order chi connectivity index (χ1) is 63.7. The molecule has 9 heteroatoms. The van der Waals surface area contributed by atoms with E-state index >= 15 is 4.79 Å². The normalized spacial score (nSPS) is 12.6. The molecule has 0 aromatic heterocycles. The summed E-state index contributed by atoms with van der Waals surface area (Å²) >= 11 is 0. The number of aliphatic hydroxyl groups is 1. The highest BCUT2D eigenvalue weighted by Gasteiger charge is 2.58. The van der Waals surface area contributed by atoms with Gasteiger partial charge < -0.3 is 24.2 Å². The summed E-state index contributed by atoms with van der Waals surface area (Å²) < 4.78 is 33.3. The van der Waals surface area contributed by atoms with Crippen molar-refractivity contribution in [3.63, 3.8) is 0 Å². The van der Waals surface area contributed by atoms with Gasteiger partial charge in [0.05, 0.1) is 26.4 Å². The van der Waals surface area contributed by atoms with E-state index in [9.17, 15) is 14.6 Å². The highest BCUT2D eigenvalue weighted by molar-refractivity contribution is 7.36. The molecule has 0 aromatic rings. The largest absolute Gasteiger partial charge is 0.596 e. The van der Waals surface area contributed by atoms with Gasteiger partial charge in [0.25, 0.3) is 0 Å². The van der Waals surface area contributed by atoms with Gasteiger partial charge in [-0.1, -0.05) is 687 Å². The Kier molecular flexibility index (Phi) is 110. The monoisotopic (exact) mass is 1840 g/mol. The Morgan fingerprint density at radius 2 is 0.341 bits per heavy atom. The number of unbranched alkanes of at least 4 members (excludes halogenated alkanes) is 102. The second-order valence-electron chi connectivity index (χ2n) is 42.5. The number of carbonyl (C=O) groups is 1. The molecule has 1 N–H and O–H groups in total. The van der Waals surface area contributed by atoms with Crippen LogP contribution in [0.4, 0.5) is 0 Å². The summed E-state index contributed by atoms with van der Waals surface area (Å²) in [5.41, 5.74) is 0. The molecular weight excluding hydrogens is 1600 g/mol. The van der Waals surface area contributed by atoms with Gasteiger partial charge in [0.15, 0.2) is 6.16 Å². The molecule has 0 aliphatic heterocycles. The molecule has 0 aliphatic rings. The van der Waals surface area contributed by atoms with Gasteiger partial charge in [-0.15, -0.1) is 0 Å². The molecule has 1 amide bonds. The van der Waals surface area contributed by atoms with E-state index in [1.54, 1.807) is 6.92 Å². The molecule has 0 fully saturated rings. The highest BCUT2D eigenvalue weighted by Crippen LogP contribution is 2.37. The predicted octanol–water partition coefficient (Wildman–Crippen LogP) is 42.2. The fourth-order valence-corrected chi connectivity index (χ4v) is 20.8. The summed E-state index contributed by atoms with van der Waals surface area (Å²) in [6.45, 7) is 11.6. The van der Waals surface area contributed by atoms with Crippen molar-refractivity contribution in [2.24, 2.45) is 0 Å². The zero-order valence-corrected chi connectivity index (χ0v) is 90.4. The van der Waals surface area contributed by atoms with Crippen molar-refractivity contribution in [1.82, 2.24) is 4.90 Å². The molecule has 0 spiro atoms. The van der Waals surface area contributed by atoms with Crippen LogP contribution in [0.5, 0.6) is 0 Å². The minimum absolute atomic E-state index is 0.116. The Labute approximate surface area is 813 Å². The fourth-order valence-electron chi connectivity index (χ4n) is 20.5. The Morgan fingerprint density at radius 3 is 0.481 bits per heavy atom. The lowest BCUT2D eigenvalue weighted by atomic mass is 10.0. The van der Waals surface area contributed by atoms with Crippen LogP contribution in [0.1, 0.15) is 722 Å². The van der Waals surface area contributed by atoms with Crippen LogP contribution in [0.3, 0.4) is 0 Å². The van der Waals surface area contributed by atoms with Crippen LogP contribution in [-0.2, 0) is 23.6 Å². The van der Waals surface area contributed by atoms with Crippen molar-refractivity contribution < 1.29 is 33.6 Å². The maximum atomic E-state index is 15.1. The molecule has 2 atom stereocenters. The van der Waals surface area contributed by atoms with E-state index in [0.29, 0.717) is 13.0 Å². The van der Waals surface area contributed by atoms with Gasteiger partial charge in [-0.25, -0.2) is 0 Å². The molecule has 0 bridgehead atoms. The number of carbonyl (C=O) groups excluding carboxylic acids is 1. The van der Waals surface area contributed by atoms with Gasteiger partial charge in [-0.3, -0.25) is 9.69 Å². The SMILES string of the molecule is CCCCCCCCCCCCCCCCCCCCCCCCCCCCCCOC(C)(O)C(OCCCCCCCCCCCCCCCCCCCCCCCCCCCCCC)(OCCCCCCCCCCCCCCCCCCCCCCCCCCCCCC)N(CC[P+](=O)[O-])C(=O)CCCCCCCCCCCCCCCCCCCCCCCC. The number of nitrogens with zero attached hydrogens (tertiary/aromatic N) is 1. The third kappa shape index (κ3) is 97.4. The molecule has 129 heavy (non-hydrogen) atoms. The van der Waals surface area contributed by atoms with E-state index in [2.05, 4.69) is 27.7 Å². The quantitative estimate of drug-likeness (QED) is 0.0367. The Morgan fingerprint density at radius 1 is 0.217 bits per heavy atom. The first kappa shape index (κ1) is 128. The van der Waals surface area contributed by atoms with E-state index in [0.717, 1.165) is 70.6 Å². The van der Waals surface area contributed by atoms with E-state index < -0.39 is 19.7 Å². The molecule has 0 rings (SSSR count). The highest BCUT2D eigenvalue weighted by atomic mass is 31.1. The Bertz CT molecular complexity index is 2010. The van der Waals surface area contributed by atoms with Gasteiger partial charge in [-0.05, 0) is 32.6 Å². The smallest absolute Gasteiger partial charge is 0.310 e. The average molecular weight is 1840 g/mol. The Hall–Kier alpha value is -0.630. The van der Waals surface area contributed by atoms with Gasteiger partial charge in [0.2, 0.25) is 11.7 Å². The topological polar surface area (TPSA) is 108 Å². The molecule has 2 unspecified atom stereocenters. The zero-order chi connectivity index (χ0) is 93.0. The summed E-state index contributed by atoms with van der Waals surface area (Å²) in [4.78, 5) is 29.3. The van der Waals surface area contributed by atoms with Crippen LogP contribution in [-0.4, -0.2) is 60.1 Å². The second kappa shape index (κ2) is 111. The zero-order valence-electron chi connectivity index (χ0n) is 89.5. The lowest BCUT2D eigenvalue weighted by Gasteiger charge is -2.49. The minimum Gasteiger partial charge on any atom is -0.596 e. The maximum Gasteiger partial charge on any atom is 0.310 e. The van der Waals surface area contributed by atoms with Crippen molar-refractivity contribution in [2.45, 2.75) is 733 Å². The lowest BCUT2D eigenvalue weighted by Crippen LogP contribution is -2.69. The Balaban J connectivity index is 5.62. The molecule has 0 saturated heterocycles. The molecule has 0 aromatic carbocycles. The summed E-state index contributed by atoms with van der Waals surface area (Å²) in [6, 6.07) is 0. The van der Waals surface area contributed by atoms with Gasteiger partial charge >= 0.3 is 13.9 Å². The number of hydrogen-bond donors (Lipinski definition) is 1. The van der Waals surface area contributed by atoms with E-state index in [4.69, 9.17) is 14.2 Å². The third-order valence-corrected chi connectivity index (χ3v) is 30.0. The van der Waals surface area contributed by atoms with Crippen LogP contribution < -0.4 is 4.89 Å². The average Bonchev–Trinajstić information content (AvgIpc) is 0.759. The first-order valence-electron chi connectivity index (χ1n) is 60.8. The first-order valence-corrected chi connectivity index (χ1v) is 62.1. The molecule has 0 saturated carbocycles. The van der Waals surface area contributed by atoms with Crippen molar-refractivity contribution in [3.05, 3.63) is 0 Å². The van der Waals surface area contributed by atoms with Crippen molar-refractivity contribution in [2.75, 3.05) is 32.5 Å². The summed E-state index contributed by atoms with van der Waals surface area (Å²) in [5.74, 6) is -4.27. The van der Waals surface area contributed by atoms with Crippen molar-refractivity contribution in [1.29, 1.82) is 0 Å². The molecule has 0 aliphatic carbocycles. The lowest BCUT2D eigenvalue weighted by molar-refractivity contribution is -0.435. The summed E-state index contributed by atoms with van der Waals surface area (Å²) in [6.07, 6.45) is 143. The molecular formula is C120H240NO7P. The second-order valence-corrected chi connectivity index (χ2v) is 43.6. The number of hydrogen-bond acceptors (Lipinski definition) is 7. The van der Waals surface area contributed by atoms with Gasteiger partial charge in [0.1, 0.15) is 0 Å². The molecule has 0 heterocycles. The van der Waals surface area contributed by atoms with Crippen LogP contribution in [0.25, 0.3) is 0 Å². The van der Waals surface area contributed by atoms with Crippen molar-refractivity contribution in [3.8, 4) is 0 Å². The van der Waals surface area contributed by atoms with Crippen LogP contribution in [0, 0.1) is 0 Å². The predicted molar refractivity (Wildman–Crippen MR) is 572 cm³/mol. The summed E-state index contributed by atoms with van der Waals surface area (Å²) in [5, 5.41) is 13.1. The number of ether oxygens (including phenoxy) is 3. The van der Waals surface area contributed by atoms with Crippen molar-refractivity contribution >= 4 is 13.9 Å². The van der Waals surface area contributed by atoms with Gasteiger partial charge in [-0.2, -0.15) is 0 Å². The number of amides is 1. The third-order valence-electron chi connectivity index (χ3n) is 29.5. The van der Waals surface area contributed by atoms with E-state index in [1.807, 2.05) is 0 Å². The molecule has 0 radical (unpaired) electrons. The standard InChI is InChI=1S/C120H240NO7P/c1-6-10-14-18-22-26-30-34-38-42-46-50-54-57-60-63-66-69-73-77-81-85-89-93-97-101-105-109-114-126-119(5,123)120(127-115-110-106-102-98-94-90-86-82-78-74-70-67-64-61-58-55-51-47-43-39-35-31-27-23-19-15-11-7-2,128-116-111-107-103-99-95-91-87-83-79-75-71-68-65-62-59-56-52-48-44-40-36-32-28-24-20-16-12-8-3)121(113-117-129(124)125)118(122)112-108-104-100-96-92-88-84-80-76-72-53-49-45-41-37-33-29-25-21-17-13-9-4/h123H,6-117H2,1-5H3. The number of rotatable bonds is 118. The van der Waals surface area contributed by atoms with E-state index in [-0.39, 0.29) is 38.2 Å². The maximum absolute atomic E-state index is 15.1.